The molecule has 1 aliphatic rings. The topological polar surface area (TPSA) is 70.7 Å². The van der Waals surface area contributed by atoms with E-state index in [1.54, 1.807) is 25.3 Å². The Kier molecular flexibility index (Phi) is 7.96. The quantitative estimate of drug-likeness (QED) is 0.643. The fourth-order valence-corrected chi connectivity index (χ4v) is 3.97. The zero-order chi connectivity index (χ0) is 21.5. The van der Waals surface area contributed by atoms with Crippen LogP contribution in [0.1, 0.15) is 19.3 Å². The lowest BCUT2D eigenvalue weighted by atomic mass is 9.95. The van der Waals surface area contributed by atoms with E-state index in [-0.39, 0.29) is 17.7 Å². The van der Waals surface area contributed by atoms with E-state index in [9.17, 15) is 9.59 Å². The Balaban J connectivity index is 1.43. The van der Waals surface area contributed by atoms with Crippen LogP contribution in [-0.4, -0.2) is 43.5 Å². The van der Waals surface area contributed by atoms with Gasteiger partial charge in [-0.1, -0.05) is 41.4 Å². The molecule has 1 fully saturated rings. The molecule has 0 saturated carbocycles. The first-order chi connectivity index (χ1) is 14.5. The van der Waals surface area contributed by atoms with Gasteiger partial charge in [0.25, 0.3) is 0 Å². The Hall–Kier alpha value is -2.28. The largest absolute Gasteiger partial charge is 0.495 e. The Labute approximate surface area is 186 Å². The third-order valence-corrected chi connectivity index (χ3v) is 5.84. The van der Waals surface area contributed by atoms with Crippen molar-refractivity contribution in [3.63, 3.8) is 0 Å². The second kappa shape index (κ2) is 10.7. The van der Waals surface area contributed by atoms with Crippen LogP contribution in [-0.2, 0) is 9.59 Å². The molecule has 2 aromatic rings. The van der Waals surface area contributed by atoms with E-state index in [1.807, 2.05) is 24.3 Å². The van der Waals surface area contributed by atoms with Crippen LogP contribution in [0.15, 0.2) is 42.5 Å². The van der Waals surface area contributed by atoms with Gasteiger partial charge < -0.3 is 20.3 Å². The molecule has 0 aromatic heterocycles. The Morgan fingerprint density at radius 1 is 1.03 bits per heavy atom. The summed E-state index contributed by atoms with van der Waals surface area (Å²) in [6.07, 6.45) is 1.83. The minimum absolute atomic E-state index is 0.00487. The number of likely N-dealkylation sites (tertiary alicyclic amines) is 1. The summed E-state index contributed by atoms with van der Waals surface area (Å²) in [5, 5.41) is 6.57. The summed E-state index contributed by atoms with van der Waals surface area (Å²) in [4.78, 5) is 27.1. The molecule has 0 bridgehead atoms. The van der Waals surface area contributed by atoms with E-state index in [1.165, 1.54) is 0 Å². The van der Waals surface area contributed by atoms with Gasteiger partial charge in [-0.25, -0.2) is 0 Å². The lowest BCUT2D eigenvalue weighted by molar-refractivity contribution is -0.121. The monoisotopic (exact) mass is 449 g/mol. The molecule has 1 heterocycles. The number of hydrogen-bond donors (Lipinski definition) is 2. The molecule has 2 amide bonds. The van der Waals surface area contributed by atoms with Crippen molar-refractivity contribution in [3.05, 3.63) is 52.5 Å². The Bertz CT molecular complexity index is 879. The zero-order valence-corrected chi connectivity index (χ0v) is 18.3. The Morgan fingerprint density at radius 3 is 2.37 bits per heavy atom. The van der Waals surface area contributed by atoms with Gasteiger partial charge in [0.05, 0.1) is 28.5 Å². The number of nitrogens with zero attached hydrogens (tertiary/aromatic N) is 1. The molecule has 0 spiro atoms. The van der Waals surface area contributed by atoms with Crippen LogP contribution in [0.5, 0.6) is 5.75 Å². The summed E-state index contributed by atoms with van der Waals surface area (Å²) in [5.74, 6) is 0.459. The predicted octanol–water partition coefficient (Wildman–Crippen LogP) is 4.68. The van der Waals surface area contributed by atoms with Crippen LogP contribution < -0.4 is 15.4 Å². The molecule has 0 atom stereocenters. The molecular weight excluding hydrogens is 425 g/mol. The van der Waals surface area contributed by atoms with Crippen LogP contribution in [0.2, 0.25) is 10.0 Å². The number of methoxy groups -OCH3 is 1. The van der Waals surface area contributed by atoms with Crippen LogP contribution in [0, 0.1) is 5.92 Å². The fourth-order valence-electron chi connectivity index (χ4n) is 3.48. The van der Waals surface area contributed by atoms with Crippen molar-refractivity contribution < 1.29 is 14.3 Å². The Morgan fingerprint density at radius 2 is 1.70 bits per heavy atom. The second-order valence-electron chi connectivity index (χ2n) is 7.20. The highest BCUT2D eigenvalue weighted by molar-refractivity contribution is 6.39. The van der Waals surface area contributed by atoms with Crippen LogP contribution in [0.25, 0.3) is 0 Å². The van der Waals surface area contributed by atoms with Gasteiger partial charge in [-0.3, -0.25) is 9.59 Å². The molecule has 2 N–H and O–H groups in total. The van der Waals surface area contributed by atoms with Crippen molar-refractivity contribution in [2.45, 2.75) is 19.3 Å². The second-order valence-corrected chi connectivity index (χ2v) is 8.01. The molecule has 0 radical (unpaired) electrons. The number of benzene rings is 2. The molecule has 3 rings (SSSR count). The van der Waals surface area contributed by atoms with Crippen molar-refractivity contribution in [1.82, 2.24) is 4.90 Å². The van der Waals surface area contributed by atoms with Gasteiger partial charge in [-0.05, 0) is 50.2 Å². The van der Waals surface area contributed by atoms with Crippen molar-refractivity contribution in [1.29, 1.82) is 0 Å². The molecular formula is C22H25Cl2N3O3. The molecule has 1 saturated heterocycles. The minimum atomic E-state index is -0.138. The van der Waals surface area contributed by atoms with Gasteiger partial charge in [0.1, 0.15) is 5.75 Å². The third-order valence-electron chi connectivity index (χ3n) is 5.21. The highest BCUT2D eigenvalue weighted by Crippen LogP contribution is 2.30. The summed E-state index contributed by atoms with van der Waals surface area (Å²) in [6.45, 7) is 2.16. The first kappa shape index (κ1) is 22.4. The number of piperidine rings is 1. The average molecular weight is 450 g/mol. The number of anilines is 2. The maximum absolute atomic E-state index is 12.6. The molecule has 0 aliphatic carbocycles. The van der Waals surface area contributed by atoms with Crippen LogP contribution in [0.4, 0.5) is 11.4 Å². The number of rotatable bonds is 7. The van der Waals surface area contributed by atoms with E-state index in [4.69, 9.17) is 27.9 Å². The first-order valence-corrected chi connectivity index (χ1v) is 10.6. The number of ether oxygens (including phenoxy) is 1. The maximum atomic E-state index is 12.6. The number of para-hydroxylation sites is 3. The lowest BCUT2D eigenvalue weighted by Crippen LogP contribution is -2.39. The number of halogens is 2. The number of amides is 2. The normalized spacial score (nSPS) is 14.9. The van der Waals surface area contributed by atoms with Gasteiger partial charge in [0.2, 0.25) is 11.8 Å². The SMILES string of the molecule is COc1ccccc1NC(=O)C1CCN(CCC(=O)Nc2c(Cl)cccc2Cl)CC1. The average Bonchev–Trinajstić information content (AvgIpc) is 2.75. The fraction of sp³-hybridized carbons (Fsp3) is 0.364. The number of carbonyl (C=O) groups is 2. The van der Waals surface area contributed by atoms with Gasteiger partial charge in [0, 0.05) is 18.9 Å². The zero-order valence-electron chi connectivity index (χ0n) is 16.8. The summed E-state index contributed by atoms with van der Waals surface area (Å²) in [5.41, 5.74) is 1.12. The standard InChI is InChI=1S/C22H25Cl2N3O3/c1-30-19-8-3-2-7-18(19)25-22(29)15-9-12-27(13-10-15)14-11-20(28)26-21-16(23)5-4-6-17(21)24/h2-8,15H,9-14H2,1H3,(H,25,29)(H,26,28). The maximum Gasteiger partial charge on any atom is 0.227 e. The number of hydrogen-bond acceptors (Lipinski definition) is 4. The van der Waals surface area contributed by atoms with E-state index >= 15 is 0 Å². The van der Waals surface area contributed by atoms with E-state index in [0.29, 0.717) is 40.1 Å². The minimum Gasteiger partial charge on any atom is -0.495 e. The van der Waals surface area contributed by atoms with Gasteiger partial charge in [0.15, 0.2) is 0 Å². The van der Waals surface area contributed by atoms with Gasteiger partial charge in [-0.15, -0.1) is 0 Å². The van der Waals surface area contributed by atoms with Crippen molar-refractivity contribution in [3.8, 4) is 5.75 Å². The summed E-state index contributed by atoms with van der Waals surface area (Å²) < 4.78 is 5.28. The van der Waals surface area contributed by atoms with Crippen molar-refractivity contribution in [2.75, 3.05) is 37.4 Å². The molecule has 0 unspecified atom stereocenters. The van der Waals surface area contributed by atoms with E-state index in [0.717, 1.165) is 25.9 Å². The molecule has 160 valence electrons. The molecule has 8 heteroatoms. The number of nitrogens with one attached hydrogen (secondary N) is 2. The smallest absolute Gasteiger partial charge is 0.227 e. The first-order valence-electron chi connectivity index (χ1n) is 9.88. The van der Waals surface area contributed by atoms with Crippen LogP contribution >= 0.6 is 23.2 Å². The van der Waals surface area contributed by atoms with Crippen molar-refractivity contribution in [2.24, 2.45) is 5.92 Å². The summed E-state index contributed by atoms with van der Waals surface area (Å²) in [6, 6.07) is 12.5. The molecule has 30 heavy (non-hydrogen) atoms. The molecule has 6 nitrogen and oxygen atoms in total. The molecule has 1 aliphatic heterocycles. The third kappa shape index (κ3) is 5.88. The highest BCUT2D eigenvalue weighted by Gasteiger charge is 2.25. The predicted molar refractivity (Wildman–Crippen MR) is 120 cm³/mol. The van der Waals surface area contributed by atoms with E-state index < -0.39 is 0 Å². The summed E-state index contributed by atoms with van der Waals surface area (Å²) in [7, 11) is 1.58. The van der Waals surface area contributed by atoms with E-state index in [2.05, 4.69) is 15.5 Å². The molecule has 2 aromatic carbocycles. The van der Waals surface area contributed by atoms with Crippen LogP contribution in [0.3, 0.4) is 0 Å². The van der Waals surface area contributed by atoms with Gasteiger partial charge in [-0.2, -0.15) is 0 Å². The number of carbonyl (C=O) groups excluding carboxylic acids is 2. The summed E-state index contributed by atoms with van der Waals surface area (Å²) >= 11 is 12.2. The van der Waals surface area contributed by atoms with Crippen molar-refractivity contribution >= 4 is 46.4 Å². The highest BCUT2D eigenvalue weighted by atomic mass is 35.5. The lowest BCUT2D eigenvalue weighted by Gasteiger charge is -2.31. The van der Waals surface area contributed by atoms with Gasteiger partial charge >= 0.3 is 0 Å².